The van der Waals surface area contributed by atoms with Crippen molar-refractivity contribution in [3.8, 4) is 0 Å². The molecule has 0 saturated carbocycles. The van der Waals surface area contributed by atoms with Crippen LogP contribution in [0.5, 0.6) is 0 Å². The number of hydrogen-bond donors (Lipinski definition) is 1. The molecule has 0 atom stereocenters. The highest BCUT2D eigenvalue weighted by Gasteiger charge is 2.37. The predicted molar refractivity (Wildman–Crippen MR) is 38.3 cm³/mol. The van der Waals surface area contributed by atoms with Gasteiger partial charge in [0.1, 0.15) is 0 Å². The van der Waals surface area contributed by atoms with Crippen molar-refractivity contribution in [2.24, 2.45) is 0 Å². The second-order valence-electron chi connectivity index (χ2n) is 3.03. The summed E-state index contributed by atoms with van der Waals surface area (Å²) in [5.74, 6) is -3.55. The lowest BCUT2D eigenvalue weighted by atomic mass is 10.3. The summed E-state index contributed by atoms with van der Waals surface area (Å²) in [5, 5.41) is 8.29. The summed E-state index contributed by atoms with van der Waals surface area (Å²) in [6.07, 6.45) is -0.206. The molecule has 1 N–H and O–H groups in total. The summed E-state index contributed by atoms with van der Waals surface area (Å²) in [4.78, 5) is 11.6. The molecule has 0 aliphatic carbocycles. The maximum atomic E-state index is 12.5. The first-order chi connectivity index (χ1) is 5.49. The van der Waals surface area contributed by atoms with E-state index in [2.05, 4.69) is 0 Å². The molecule has 0 radical (unpaired) electrons. The van der Waals surface area contributed by atoms with Gasteiger partial charge in [-0.15, -0.1) is 0 Å². The van der Waals surface area contributed by atoms with E-state index in [1.807, 2.05) is 0 Å². The van der Waals surface area contributed by atoms with Crippen molar-refractivity contribution < 1.29 is 18.7 Å². The Kier molecular flexibility index (Phi) is 2.62. The first-order valence-electron chi connectivity index (χ1n) is 3.82. The molecule has 0 aromatic heterocycles. The van der Waals surface area contributed by atoms with Crippen LogP contribution in [0.2, 0.25) is 0 Å². The predicted octanol–water partition coefficient (Wildman–Crippen LogP) is 0.802. The number of carboxylic acids is 1. The van der Waals surface area contributed by atoms with Crippen LogP contribution in [-0.2, 0) is 4.79 Å². The van der Waals surface area contributed by atoms with E-state index in [9.17, 15) is 13.6 Å². The van der Waals surface area contributed by atoms with Crippen molar-refractivity contribution >= 4 is 5.97 Å². The van der Waals surface area contributed by atoms with Crippen LogP contribution in [0.1, 0.15) is 12.8 Å². The summed E-state index contributed by atoms with van der Waals surface area (Å²) in [6.45, 7) is 0.242. The average molecular weight is 179 g/mol. The molecule has 0 aromatic rings. The Balaban J connectivity index is 2.24. The maximum absolute atomic E-state index is 12.5. The van der Waals surface area contributed by atoms with Crippen molar-refractivity contribution in [3.05, 3.63) is 0 Å². The van der Waals surface area contributed by atoms with Crippen LogP contribution in [-0.4, -0.2) is 41.5 Å². The minimum Gasteiger partial charge on any atom is -0.481 e. The lowest BCUT2D eigenvalue weighted by Crippen LogP contribution is -2.27. The maximum Gasteiger partial charge on any atom is 0.304 e. The number of alkyl halides is 2. The van der Waals surface area contributed by atoms with Crippen molar-refractivity contribution in [2.75, 3.05) is 19.6 Å². The zero-order valence-electron chi connectivity index (χ0n) is 6.59. The highest BCUT2D eigenvalue weighted by molar-refractivity contribution is 5.66. The van der Waals surface area contributed by atoms with Gasteiger partial charge in [-0.05, 0) is 0 Å². The summed E-state index contributed by atoms with van der Waals surface area (Å²) in [6, 6.07) is 0. The Morgan fingerprint density at radius 2 is 2.25 bits per heavy atom. The van der Waals surface area contributed by atoms with E-state index in [-0.39, 0.29) is 25.9 Å². The molecule has 0 spiro atoms. The van der Waals surface area contributed by atoms with Crippen LogP contribution < -0.4 is 0 Å². The smallest absolute Gasteiger partial charge is 0.304 e. The molecule has 1 fully saturated rings. The van der Waals surface area contributed by atoms with Gasteiger partial charge in [0.05, 0.1) is 13.0 Å². The first kappa shape index (κ1) is 9.38. The highest BCUT2D eigenvalue weighted by Crippen LogP contribution is 2.26. The molecule has 1 saturated heterocycles. The van der Waals surface area contributed by atoms with Crippen LogP contribution in [0.4, 0.5) is 8.78 Å². The van der Waals surface area contributed by atoms with Gasteiger partial charge in [-0.25, -0.2) is 8.78 Å². The van der Waals surface area contributed by atoms with E-state index in [4.69, 9.17) is 5.11 Å². The first-order valence-corrected chi connectivity index (χ1v) is 3.82. The van der Waals surface area contributed by atoms with E-state index in [1.165, 1.54) is 4.90 Å². The Bertz CT molecular complexity index is 184. The van der Waals surface area contributed by atoms with Crippen LogP contribution in [0.25, 0.3) is 0 Å². The molecule has 0 unspecified atom stereocenters. The molecule has 3 nitrogen and oxygen atoms in total. The van der Waals surface area contributed by atoms with Gasteiger partial charge in [0.15, 0.2) is 0 Å². The van der Waals surface area contributed by atoms with Crippen LogP contribution in [0.15, 0.2) is 0 Å². The molecular formula is C7H11F2NO2. The van der Waals surface area contributed by atoms with Crippen molar-refractivity contribution in [1.29, 1.82) is 0 Å². The monoisotopic (exact) mass is 179 g/mol. The minimum absolute atomic E-state index is 0.0594. The Morgan fingerprint density at radius 1 is 1.58 bits per heavy atom. The lowest BCUT2D eigenvalue weighted by Gasteiger charge is -2.13. The van der Waals surface area contributed by atoms with E-state index in [0.717, 1.165) is 0 Å². The largest absolute Gasteiger partial charge is 0.481 e. The fraction of sp³-hybridized carbons (Fsp3) is 0.857. The third kappa shape index (κ3) is 2.73. The molecular weight excluding hydrogens is 168 g/mol. The van der Waals surface area contributed by atoms with Gasteiger partial charge in [-0.2, -0.15) is 0 Å². The van der Waals surface area contributed by atoms with Crippen molar-refractivity contribution in [3.63, 3.8) is 0 Å². The second kappa shape index (κ2) is 3.35. The highest BCUT2D eigenvalue weighted by atomic mass is 19.3. The number of likely N-dealkylation sites (tertiary alicyclic amines) is 1. The standard InChI is InChI=1S/C7H11F2NO2/c8-7(9)2-4-10(5-7)3-1-6(11)12/h1-5H2,(H,11,12). The zero-order chi connectivity index (χ0) is 9.19. The fourth-order valence-corrected chi connectivity index (χ4v) is 1.25. The summed E-state index contributed by atoms with van der Waals surface area (Å²) < 4.78 is 25.1. The number of halogens is 2. The number of hydrogen-bond acceptors (Lipinski definition) is 2. The summed E-state index contributed by atoms with van der Waals surface area (Å²) in [7, 11) is 0. The number of carbonyl (C=O) groups is 1. The fourth-order valence-electron chi connectivity index (χ4n) is 1.25. The number of aliphatic carboxylic acids is 1. The van der Waals surface area contributed by atoms with E-state index in [0.29, 0.717) is 6.54 Å². The van der Waals surface area contributed by atoms with Gasteiger partial charge in [-0.1, -0.05) is 0 Å². The molecule has 5 heteroatoms. The van der Waals surface area contributed by atoms with E-state index in [1.54, 1.807) is 0 Å². The molecule has 0 bridgehead atoms. The van der Waals surface area contributed by atoms with Crippen LogP contribution in [0, 0.1) is 0 Å². The molecule has 1 rings (SSSR count). The molecule has 70 valence electrons. The van der Waals surface area contributed by atoms with Gasteiger partial charge in [0.2, 0.25) is 0 Å². The SMILES string of the molecule is O=C(O)CCN1CCC(F)(F)C1. The van der Waals surface area contributed by atoms with Gasteiger partial charge in [-0.3, -0.25) is 9.69 Å². The van der Waals surface area contributed by atoms with E-state index < -0.39 is 11.9 Å². The normalized spacial score (nSPS) is 22.8. The van der Waals surface area contributed by atoms with E-state index >= 15 is 0 Å². The van der Waals surface area contributed by atoms with Crippen LogP contribution in [0.3, 0.4) is 0 Å². The molecule has 12 heavy (non-hydrogen) atoms. The minimum atomic E-state index is -2.61. The van der Waals surface area contributed by atoms with Crippen molar-refractivity contribution in [2.45, 2.75) is 18.8 Å². The van der Waals surface area contributed by atoms with Crippen molar-refractivity contribution in [1.82, 2.24) is 4.90 Å². The van der Waals surface area contributed by atoms with Gasteiger partial charge < -0.3 is 5.11 Å². The molecule has 1 aliphatic heterocycles. The molecule has 1 aliphatic rings. The molecule has 0 aromatic carbocycles. The Morgan fingerprint density at radius 3 is 2.67 bits per heavy atom. The second-order valence-corrected chi connectivity index (χ2v) is 3.03. The summed E-state index contributed by atoms with van der Waals surface area (Å²) >= 11 is 0. The van der Waals surface area contributed by atoms with Crippen LogP contribution >= 0.6 is 0 Å². The number of nitrogens with zero attached hydrogens (tertiary/aromatic N) is 1. The lowest BCUT2D eigenvalue weighted by molar-refractivity contribution is -0.137. The third-order valence-corrected chi connectivity index (χ3v) is 1.89. The third-order valence-electron chi connectivity index (χ3n) is 1.89. The summed E-state index contributed by atoms with van der Waals surface area (Å²) in [5.41, 5.74) is 0. The topological polar surface area (TPSA) is 40.5 Å². The molecule has 0 amide bonds. The Labute approximate surface area is 69.0 Å². The van der Waals surface area contributed by atoms with Gasteiger partial charge in [0, 0.05) is 19.5 Å². The van der Waals surface area contributed by atoms with Gasteiger partial charge >= 0.3 is 5.97 Å². The quantitative estimate of drug-likeness (QED) is 0.696. The number of rotatable bonds is 3. The zero-order valence-corrected chi connectivity index (χ0v) is 6.59. The van der Waals surface area contributed by atoms with Gasteiger partial charge in [0.25, 0.3) is 5.92 Å². The number of carboxylic acid groups (broad SMARTS) is 1. The molecule has 1 heterocycles. The Hall–Kier alpha value is -0.710. The average Bonchev–Trinajstić information content (AvgIpc) is 2.26.